The molecule has 0 N–H and O–H groups in total. The van der Waals surface area contributed by atoms with Crippen LogP contribution >= 0.6 is 0 Å². The molecule has 0 amide bonds. The number of benzene rings is 2. The van der Waals surface area contributed by atoms with E-state index in [1.165, 1.54) is 0 Å². The lowest BCUT2D eigenvalue weighted by atomic mass is 10.0. The molecule has 5 heteroatoms. The Hall–Kier alpha value is -2.79. The zero-order valence-corrected chi connectivity index (χ0v) is 14.5. The third kappa shape index (κ3) is 3.73. The maximum atomic E-state index is 12.5. The second-order valence-electron chi connectivity index (χ2n) is 6.35. The molecule has 0 unspecified atom stereocenters. The number of para-hydroxylation sites is 1. The lowest BCUT2D eigenvalue weighted by molar-refractivity contribution is 0.0576. The lowest BCUT2D eigenvalue weighted by Gasteiger charge is -2.28. The van der Waals surface area contributed by atoms with Crippen molar-refractivity contribution in [1.29, 1.82) is 0 Å². The summed E-state index contributed by atoms with van der Waals surface area (Å²) >= 11 is 0. The Morgan fingerprint density at radius 1 is 1.04 bits per heavy atom. The number of ketones is 1. The van der Waals surface area contributed by atoms with Gasteiger partial charge >= 0.3 is 0 Å². The van der Waals surface area contributed by atoms with Crippen molar-refractivity contribution < 1.29 is 19.0 Å². The Morgan fingerprint density at radius 3 is 2.65 bits per heavy atom. The molecule has 0 aromatic heterocycles. The van der Waals surface area contributed by atoms with Crippen molar-refractivity contribution in [3.8, 4) is 11.5 Å². The summed E-state index contributed by atoms with van der Waals surface area (Å²) in [4.78, 5) is 14.7. The van der Waals surface area contributed by atoms with Crippen LogP contribution in [0.1, 0.15) is 22.3 Å². The highest BCUT2D eigenvalue weighted by atomic mass is 16.5. The molecule has 2 aromatic carbocycles. The predicted molar refractivity (Wildman–Crippen MR) is 97.3 cm³/mol. The normalized spacial score (nSPS) is 18.4. The van der Waals surface area contributed by atoms with E-state index in [-0.39, 0.29) is 12.2 Å². The number of morpholine rings is 1. The maximum absolute atomic E-state index is 12.5. The standard InChI is InChI=1S/C21H21NO4/c23-19-13-17(14-22-9-11-24-12-10-22)26-21-18(19)7-4-8-20(21)25-15-16-5-2-1-3-6-16/h1-8,14H,9-13,15H2. The number of hydrogen-bond donors (Lipinski definition) is 0. The first kappa shape index (κ1) is 16.7. The van der Waals surface area contributed by atoms with Gasteiger partial charge in [0, 0.05) is 19.3 Å². The van der Waals surface area contributed by atoms with Gasteiger partial charge in [0.15, 0.2) is 17.3 Å². The highest BCUT2D eigenvalue weighted by Gasteiger charge is 2.26. The number of fused-ring (bicyclic) bond motifs is 1. The quantitative estimate of drug-likeness (QED) is 0.845. The fourth-order valence-corrected chi connectivity index (χ4v) is 3.09. The summed E-state index contributed by atoms with van der Waals surface area (Å²) in [5.41, 5.74) is 1.64. The minimum atomic E-state index is 0.0518. The zero-order chi connectivity index (χ0) is 17.8. The van der Waals surface area contributed by atoms with E-state index < -0.39 is 0 Å². The highest BCUT2D eigenvalue weighted by molar-refractivity contribution is 6.01. The number of rotatable bonds is 4. The van der Waals surface area contributed by atoms with E-state index in [0.29, 0.717) is 42.6 Å². The van der Waals surface area contributed by atoms with Crippen LogP contribution in [0, 0.1) is 0 Å². The largest absolute Gasteiger partial charge is 0.485 e. The molecule has 0 atom stereocenters. The summed E-state index contributed by atoms with van der Waals surface area (Å²) in [5, 5.41) is 0. The minimum Gasteiger partial charge on any atom is -0.485 e. The second kappa shape index (κ2) is 7.62. The van der Waals surface area contributed by atoms with Crippen LogP contribution in [0.5, 0.6) is 11.5 Å². The molecule has 5 nitrogen and oxygen atoms in total. The summed E-state index contributed by atoms with van der Waals surface area (Å²) in [6, 6.07) is 15.4. The van der Waals surface area contributed by atoms with Crippen molar-refractivity contribution >= 4 is 5.78 Å². The highest BCUT2D eigenvalue weighted by Crippen LogP contribution is 2.38. The Balaban J connectivity index is 1.55. The van der Waals surface area contributed by atoms with Crippen LogP contribution in [-0.2, 0) is 11.3 Å². The number of allylic oxidation sites excluding steroid dienone is 1. The van der Waals surface area contributed by atoms with Gasteiger partial charge in [0.25, 0.3) is 0 Å². The third-order valence-electron chi connectivity index (χ3n) is 4.46. The van der Waals surface area contributed by atoms with Gasteiger partial charge in [0.2, 0.25) is 0 Å². The van der Waals surface area contributed by atoms with E-state index in [0.717, 1.165) is 18.7 Å². The topological polar surface area (TPSA) is 48.0 Å². The van der Waals surface area contributed by atoms with Gasteiger partial charge in [-0.15, -0.1) is 0 Å². The first-order valence-electron chi connectivity index (χ1n) is 8.83. The average Bonchev–Trinajstić information content (AvgIpc) is 2.68. The molecule has 2 aliphatic rings. The zero-order valence-electron chi connectivity index (χ0n) is 14.5. The molecule has 2 heterocycles. The first-order valence-corrected chi connectivity index (χ1v) is 8.83. The van der Waals surface area contributed by atoms with E-state index in [1.807, 2.05) is 48.7 Å². The molecule has 0 bridgehead atoms. The molecule has 0 radical (unpaired) electrons. The van der Waals surface area contributed by atoms with Crippen molar-refractivity contribution in [3.63, 3.8) is 0 Å². The molecular weight excluding hydrogens is 330 g/mol. The van der Waals surface area contributed by atoms with Gasteiger partial charge in [-0.1, -0.05) is 36.4 Å². The Kier molecular flexibility index (Phi) is 4.88. The van der Waals surface area contributed by atoms with Crippen LogP contribution < -0.4 is 9.47 Å². The number of carbonyl (C=O) groups is 1. The second-order valence-corrected chi connectivity index (χ2v) is 6.35. The fraction of sp³-hybridized carbons (Fsp3) is 0.286. The van der Waals surface area contributed by atoms with E-state index in [9.17, 15) is 4.79 Å². The lowest BCUT2D eigenvalue weighted by Crippen LogP contribution is -2.33. The Labute approximate surface area is 152 Å². The molecule has 2 aliphatic heterocycles. The van der Waals surface area contributed by atoms with Crippen molar-refractivity contribution in [2.45, 2.75) is 13.0 Å². The number of ether oxygens (including phenoxy) is 3. The number of nitrogens with zero attached hydrogens (tertiary/aromatic N) is 1. The number of Topliss-reactive ketones (excluding diaryl/α,β-unsaturated/α-hetero) is 1. The third-order valence-corrected chi connectivity index (χ3v) is 4.46. The molecule has 26 heavy (non-hydrogen) atoms. The van der Waals surface area contributed by atoms with Crippen molar-refractivity contribution in [3.05, 3.63) is 71.6 Å². The predicted octanol–water partition coefficient (Wildman–Crippen LogP) is 3.40. The van der Waals surface area contributed by atoms with Gasteiger partial charge in [-0.2, -0.15) is 0 Å². The number of hydrogen-bond acceptors (Lipinski definition) is 5. The Bertz CT molecular complexity index is 810. The van der Waals surface area contributed by atoms with Crippen molar-refractivity contribution in [2.75, 3.05) is 26.3 Å². The molecule has 134 valence electrons. The van der Waals surface area contributed by atoms with Crippen LogP contribution in [0.4, 0.5) is 0 Å². The van der Waals surface area contributed by atoms with Crippen LogP contribution in [-0.4, -0.2) is 37.0 Å². The van der Waals surface area contributed by atoms with Gasteiger partial charge < -0.3 is 19.1 Å². The summed E-state index contributed by atoms with van der Waals surface area (Å²) in [5.74, 6) is 1.81. The summed E-state index contributed by atoms with van der Waals surface area (Å²) in [7, 11) is 0. The molecular formula is C21H21NO4. The molecule has 1 saturated heterocycles. The van der Waals surface area contributed by atoms with E-state index in [4.69, 9.17) is 14.2 Å². The summed E-state index contributed by atoms with van der Waals surface area (Å²) in [6.07, 6.45) is 2.20. The molecule has 0 spiro atoms. The van der Waals surface area contributed by atoms with Crippen LogP contribution in [0.2, 0.25) is 0 Å². The molecule has 4 rings (SSSR count). The molecule has 2 aromatic rings. The average molecular weight is 351 g/mol. The van der Waals surface area contributed by atoms with Gasteiger partial charge in [0.1, 0.15) is 12.4 Å². The van der Waals surface area contributed by atoms with Gasteiger partial charge in [-0.3, -0.25) is 4.79 Å². The molecule has 0 aliphatic carbocycles. The van der Waals surface area contributed by atoms with Crippen LogP contribution in [0.25, 0.3) is 0 Å². The van der Waals surface area contributed by atoms with Gasteiger partial charge in [-0.25, -0.2) is 0 Å². The monoisotopic (exact) mass is 351 g/mol. The van der Waals surface area contributed by atoms with Crippen LogP contribution in [0.3, 0.4) is 0 Å². The van der Waals surface area contributed by atoms with Crippen molar-refractivity contribution in [1.82, 2.24) is 4.90 Å². The van der Waals surface area contributed by atoms with E-state index in [1.54, 1.807) is 6.07 Å². The van der Waals surface area contributed by atoms with Crippen molar-refractivity contribution in [2.24, 2.45) is 0 Å². The number of carbonyl (C=O) groups excluding carboxylic acids is 1. The van der Waals surface area contributed by atoms with E-state index >= 15 is 0 Å². The van der Waals surface area contributed by atoms with Gasteiger partial charge in [-0.05, 0) is 17.7 Å². The maximum Gasteiger partial charge on any atom is 0.179 e. The smallest absolute Gasteiger partial charge is 0.179 e. The molecule has 1 fully saturated rings. The minimum absolute atomic E-state index is 0.0518. The summed E-state index contributed by atoms with van der Waals surface area (Å²) in [6.45, 7) is 3.43. The SMILES string of the molecule is O=C1CC(=CN2CCOCC2)Oc2c(OCc3ccccc3)cccc21. The van der Waals surface area contributed by atoms with Gasteiger partial charge in [0.05, 0.1) is 25.2 Å². The van der Waals surface area contributed by atoms with Crippen LogP contribution in [0.15, 0.2) is 60.5 Å². The Morgan fingerprint density at radius 2 is 1.85 bits per heavy atom. The fourth-order valence-electron chi connectivity index (χ4n) is 3.09. The summed E-state index contributed by atoms with van der Waals surface area (Å²) < 4.78 is 17.4. The first-order chi connectivity index (χ1) is 12.8. The van der Waals surface area contributed by atoms with E-state index in [2.05, 4.69) is 4.90 Å². The molecule has 0 saturated carbocycles.